The fraction of sp³-hybridized carbons (Fsp3) is 0.350. The van der Waals surface area contributed by atoms with Crippen LogP contribution in [-0.4, -0.2) is 55.2 Å². The molecule has 3 atom stereocenters. The largest absolute Gasteiger partial charge is 0.493 e. The molecule has 11 nitrogen and oxygen atoms in total. The summed E-state index contributed by atoms with van der Waals surface area (Å²) in [5.74, 6) is 1.11. The van der Waals surface area contributed by atoms with Crippen LogP contribution in [-0.2, 0) is 38.6 Å². The topological polar surface area (TPSA) is 145 Å². The van der Waals surface area contributed by atoms with E-state index in [9.17, 15) is 14.7 Å². The maximum Gasteiger partial charge on any atom is 0.224 e. The number of aliphatic hydroxyl groups excluding tert-OH is 1. The van der Waals surface area contributed by atoms with Crippen molar-refractivity contribution >= 4 is 28.9 Å². The van der Waals surface area contributed by atoms with Gasteiger partial charge in [0.15, 0.2) is 17.8 Å². The lowest BCUT2D eigenvalue weighted by Gasteiger charge is -2.39. The fourth-order valence-electron chi connectivity index (χ4n) is 6.60. The second kappa shape index (κ2) is 16.8. The molecule has 1 saturated heterocycles. The highest BCUT2D eigenvalue weighted by molar-refractivity contribution is 5.94. The Bertz CT molecular complexity index is 1800. The number of methoxy groups -OCH3 is 2. The zero-order valence-electron chi connectivity index (χ0n) is 29.1. The number of nitrogens with one attached hydrogen (secondary N) is 2. The summed E-state index contributed by atoms with van der Waals surface area (Å²) in [5, 5.41) is 15.3. The van der Waals surface area contributed by atoms with E-state index in [0.717, 1.165) is 54.2 Å². The molecule has 1 fully saturated rings. The molecule has 0 aromatic heterocycles. The first-order valence-corrected chi connectivity index (χ1v) is 17.3. The number of fused-ring (bicyclic) bond motifs is 1. The summed E-state index contributed by atoms with van der Waals surface area (Å²) >= 11 is 0. The molecule has 0 radical (unpaired) electrons. The first-order chi connectivity index (χ1) is 24.8. The van der Waals surface area contributed by atoms with E-state index in [1.54, 1.807) is 38.5 Å². The number of nitrogens with two attached hydrogens (primary N) is 1. The van der Waals surface area contributed by atoms with E-state index in [1.165, 1.54) is 11.1 Å². The van der Waals surface area contributed by atoms with E-state index in [0.29, 0.717) is 29.9 Å². The normalized spacial score (nSPS) is 18.8. The lowest BCUT2D eigenvalue weighted by atomic mass is 9.97. The lowest BCUT2D eigenvalue weighted by molar-refractivity contribution is -0.253. The van der Waals surface area contributed by atoms with Crippen LogP contribution in [0.5, 0.6) is 11.5 Å². The summed E-state index contributed by atoms with van der Waals surface area (Å²) in [6.45, 7) is 2.38. The number of para-hydroxylation sites is 2. The van der Waals surface area contributed by atoms with Gasteiger partial charge >= 0.3 is 0 Å². The quantitative estimate of drug-likeness (QED) is 0.122. The Morgan fingerprint density at radius 2 is 1.53 bits per heavy atom. The molecule has 4 aromatic carbocycles. The number of amides is 2. The highest BCUT2D eigenvalue weighted by Gasteiger charge is 2.34. The van der Waals surface area contributed by atoms with Crippen molar-refractivity contribution in [1.82, 2.24) is 4.90 Å². The zero-order chi connectivity index (χ0) is 35.7. The molecule has 11 heteroatoms. The molecule has 0 bridgehead atoms. The summed E-state index contributed by atoms with van der Waals surface area (Å²) in [6.07, 6.45) is 1.45. The first-order valence-electron chi connectivity index (χ1n) is 17.3. The summed E-state index contributed by atoms with van der Waals surface area (Å²) in [5.41, 5.74) is 12.8. The number of rotatable bonds is 13. The molecule has 2 amide bonds. The SMILES string of the molecule is COc1cc2c(cc1OC)CN(C[C@H]1C[C@@H](c3ccc(CO)cc3)O[C@@H](c3ccc(NC(=O)CCCC(=O)Nc4ccccc4N)cc3)O1)CC2. The third-order valence-electron chi connectivity index (χ3n) is 9.38. The number of nitrogens with zero attached hydrogens (tertiary/aromatic N) is 1. The number of carbonyl (C=O) groups is 2. The van der Waals surface area contributed by atoms with E-state index in [1.807, 2.05) is 48.5 Å². The molecule has 268 valence electrons. The van der Waals surface area contributed by atoms with Crippen LogP contribution < -0.4 is 25.8 Å². The smallest absolute Gasteiger partial charge is 0.224 e. The van der Waals surface area contributed by atoms with Crippen LogP contribution in [0.3, 0.4) is 0 Å². The van der Waals surface area contributed by atoms with Crippen molar-refractivity contribution in [2.45, 2.75) is 63.8 Å². The molecule has 0 aliphatic carbocycles. The zero-order valence-corrected chi connectivity index (χ0v) is 29.1. The van der Waals surface area contributed by atoms with Gasteiger partial charge in [-0.1, -0.05) is 48.5 Å². The lowest BCUT2D eigenvalue weighted by Crippen LogP contribution is -2.41. The highest BCUT2D eigenvalue weighted by atomic mass is 16.7. The highest BCUT2D eigenvalue weighted by Crippen LogP contribution is 2.39. The molecular formula is C40H46N4O7. The Morgan fingerprint density at radius 1 is 0.863 bits per heavy atom. The Balaban J connectivity index is 1.08. The van der Waals surface area contributed by atoms with Gasteiger partial charge in [0.2, 0.25) is 11.8 Å². The van der Waals surface area contributed by atoms with Crippen LogP contribution in [0.2, 0.25) is 0 Å². The first kappa shape index (κ1) is 35.9. The minimum Gasteiger partial charge on any atom is -0.493 e. The average molecular weight is 695 g/mol. The maximum absolute atomic E-state index is 12.7. The van der Waals surface area contributed by atoms with Gasteiger partial charge in [-0.2, -0.15) is 0 Å². The van der Waals surface area contributed by atoms with Crippen molar-refractivity contribution in [2.24, 2.45) is 0 Å². The summed E-state index contributed by atoms with van der Waals surface area (Å²) in [4.78, 5) is 27.4. The molecule has 2 aliphatic rings. The van der Waals surface area contributed by atoms with Gasteiger partial charge in [0, 0.05) is 50.1 Å². The minimum atomic E-state index is -0.616. The van der Waals surface area contributed by atoms with Crippen molar-refractivity contribution in [3.8, 4) is 11.5 Å². The van der Waals surface area contributed by atoms with E-state index < -0.39 is 6.29 Å². The molecule has 0 spiro atoms. The molecular weight excluding hydrogens is 648 g/mol. The van der Waals surface area contributed by atoms with Crippen molar-refractivity contribution in [3.05, 3.63) is 113 Å². The van der Waals surface area contributed by atoms with Crippen molar-refractivity contribution in [1.29, 1.82) is 0 Å². The Hall–Kier alpha value is -4.94. The van der Waals surface area contributed by atoms with Gasteiger partial charge in [-0.15, -0.1) is 0 Å². The number of nitrogen functional groups attached to an aromatic ring is 1. The predicted molar refractivity (Wildman–Crippen MR) is 195 cm³/mol. The van der Waals surface area contributed by atoms with Crippen LogP contribution in [0.25, 0.3) is 0 Å². The van der Waals surface area contributed by atoms with Gasteiger partial charge in [0.25, 0.3) is 0 Å². The minimum absolute atomic E-state index is 0.0186. The maximum atomic E-state index is 12.7. The number of anilines is 3. The number of carbonyl (C=O) groups excluding carboxylic acids is 2. The fourth-order valence-corrected chi connectivity index (χ4v) is 6.60. The Labute approximate surface area is 298 Å². The molecule has 0 unspecified atom stereocenters. The standard InChI is InChI=1S/C40H46N4O7/c1-48-36-20-29-18-19-44(23-30(29)21-37(36)49-2)24-32-22-35(27-12-10-26(25-45)11-13-27)51-40(50-32)28-14-16-31(17-15-28)42-38(46)8-5-9-39(47)43-34-7-4-3-6-33(34)41/h3-4,6-7,10-17,20-21,32,35,40,45H,5,8-9,18-19,22-25,41H2,1-2H3,(H,42,46)(H,43,47)/t32-,35+,40+/m1/s1. The van der Waals surface area contributed by atoms with E-state index in [-0.39, 0.29) is 43.5 Å². The van der Waals surface area contributed by atoms with Crippen molar-refractivity contribution in [3.63, 3.8) is 0 Å². The van der Waals surface area contributed by atoms with Crippen molar-refractivity contribution in [2.75, 3.05) is 43.7 Å². The van der Waals surface area contributed by atoms with E-state index >= 15 is 0 Å². The molecule has 6 rings (SSSR count). The molecule has 4 aromatic rings. The number of hydrogen-bond acceptors (Lipinski definition) is 9. The van der Waals surface area contributed by atoms with E-state index in [2.05, 4.69) is 27.7 Å². The number of benzene rings is 4. The second-order valence-electron chi connectivity index (χ2n) is 13.0. The number of hydrogen-bond donors (Lipinski definition) is 4. The van der Waals surface area contributed by atoms with E-state index in [4.69, 9.17) is 24.7 Å². The third kappa shape index (κ3) is 9.25. The Kier molecular flexibility index (Phi) is 11.8. The van der Waals surface area contributed by atoms with Gasteiger partial charge in [0.05, 0.1) is 44.4 Å². The summed E-state index contributed by atoms with van der Waals surface area (Å²) < 4.78 is 24.2. The van der Waals surface area contributed by atoms with Crippen LogP contribution >= 0.6 is 0 Å². The van der Waals surface area contributed by atoms with Gasteiger partial charge in [0.1, 0.15) is 0 Å². The number of aliphatic hydroxyl groups is 1. The predicted octanol–water partition coefficient (Wildman–Crippen LogP) is 6.13. The van der Waals surface area contributed by atoms with Gasteiger partial charge in [-0.05, 0) is 71.5 Å². The van der Waals surface area contributed by atoms with Gasteiger partial charge in [-0.25, -0.2) is 0 Å². The van der Waals surface area contributed by atoms with Crippen LogP contribution in [0.4, 0.5) is 17.1 Å². The van der Waals surface area contributed by atoms with Crippen molar-refractivity contribution < 1.29 is 33.6 Å². The van der Waals surface area contributed by atoms with Gasteiger partial charge in [-0.3, -0.25) is 14.5 Å². The van der Waals surface area contributed by atoms with Gasteiger partial charge < -0.3 is 40.4 Å². The molecule has 51 heavy (non-hydrogen) atoms. The molecule has 0 saturated carbocycles. The van der Waals surface area contributed by atoms with Crippen LogP contribution in [0.1, 0.15) is 65.9 Å². The second-order valence-corrected chi connectivity index (χ2v) is 13.0. The summed E-state index contributed by atoms with van der Waals surface area (Å²) in [7, 11) is 3.31. The average Bonchev–Trinajstić information content (AvgIpc) is 3.15. The summed E-state index contributed by atoms with van der Waals surface area (Å²) in [6, 6.07) is 26.6. The Morgan fingerprint density at radius 3 is 2.22 bits per heavy atom. The molecule has 2 heterocycles. The molecule has 2 aliphatic heterocycles. The van der Waals surface area contributed by atoms with Crippen LogP contribution in [0, 0.1) is 0 Å². The number of ether oxygens (including phenoxy) is 4. The monoisotopic (exact) mass is 694 g/mol. The molecule has 5 N–H and O–H groups in total. The third-order valence-corrected chi connectivity index (χ3v) is 9.38. The van der Waals surface area contributed by atoms with Crippen LogP contribution in [0.15, 0.2) is 84.9 Å².